The molecule has 0 spiro atoms. The van der Waals surface area contributed by atoms with Gasteiger partial charge in [-0.05, 0) is 40.6 Å². The average molecular weight is 460 g/mol. The van der Waals surface area contributed by atoms with Gasteiger partial charge in [0.25, 0.3) is 0 Å². The van der Waals surface area contributed by atoms with Crippen molar-refractivity contribution in [3.05, 3.63) is 107 Å². The Morgan fingerprint density at radius 2 is 1.58 bits per heavy atom. The van der Waals surface area contributed by atoms with Gasteiger partial charge in [-0.25, -0.2) is 4.79 Å². The molecule has 0 aliphatic carbocycles. The molecule has 0 saturated carbocycles. The zero-order chi connectivity index (χ0) is 23.2. The van der Waals surface area contributed by atoms with Crippen molar-refractivity contribution in [3.63, 3.8) is 0 Å². The highest BCUT2D eigenvalue weighted by Crippen LogP contribution is 2.38. The van der Waals surface area contributed by atoms with E-state index in [-0.39, 0.29) is 12.5 Å². The zero-order valence-electron chi connectivity index (χ0n) is 18.0. The summed E-state index contributed by atoms with van der Waals surface area (Å²) >= 11 is 6.50. The molecule has 166 valence electrons. The van der Waals surface area contributed by atoms with Gasteiger partial charge < -0.3 is 14.8 Å². The Labute approximate surface area is 196 Å². The molecule has 4 rings (SSSR count). The van der Waals surface area contributed by atoms with Crippen LogP contribution in [0.2, 0.25) is 5.02 Å². The van der Waals surface area contributed by atoms with Gasteiger partial charge in [-0.2, -0.15) is 0 Å². The number of hydrogen-bond acceptors (Lipinski definition) is 4. The Kier molecular flexibility index (Phi) is 6.91. The number of halogens is 1. The molecule has 1 amide bonds. The number of carbonyl (C=O) groups excluding carboxylic acids is 2. The van der Waals surface area contributed by atoms with Crippen molar-refractivity contribution in [1.29, 1.82) is 0 Å². The second-order valence-corrected chi connectivity index (χ2v) is 7.84. The molecular formula is C27H22ClNO4. The van der Waals surface area contributed by atoms with Crippen molar-refractivity contribution in [2.24, 2.45) is 0 Å². The summed E-state index contributed by atoms with van der Waals surface area (Å²) in [4.78, 5) is 24.8. The Balaban J connectivity index is 1.75. The normalized spacial score (nSPS) is 11.6. The molecule has 33 heavy (non-hydrogen) atoms. The minimum Gasteiger partial charge on any atom is -0.482 e. The number of esters is 1. The summed E-state index contributed by atoms with van der Waals surface area (Å²) in [7, 11) is 0. The summed E-state index contributed by atoms with van der Waals surface area (Å²) in [6.45, 7) is 1.18. The predicted octanol–water partition coefficient (Wildman–Crippen LogP) is 5.70. The first kappa shape index (κ1) is 22.4. The molecule has 4 aromatic rings. The van der Waals surface area contributed by atoms with E-state index in [1.54, 1.807) is 24.3 Å². The van der Waals surface area contributed by atoms with E-state index in [1.807, 2.05) is 66.7 Å². The lowest BCUT2D eigenvalue weighted by Gasteiger charge is -2.24. The summed E-state index contributed by atoms with van der Waals surface area (Å²) < 4.78 is 11.3. The monoisotopic (exact) mass is 459 g/mol. The van der Waals surface area contributed by atoms with Gasteiger partial charge in [0.05, 0.1) is 6.04 Å². The van der Waals surface area contributed by atoms with Crippen LogP contribution >= 0.6 is 11.6 Å². The van der Waals surface area contributed by atoms with Crippen LogP contribution in [0.4, 0.5) is 0 Å². The fourth-order valence-corrected chi connectivity index (χ4v) is 3.94. The second kappa shape index (κ2) is 10.2. The van der Waals surface area contributed by atoms with E-state index in [1.165, 1.54) is 6.92 Å². The highest BCUT2D eigenvalue weighted by atomic mass is 35.5. The van der Waals surface area contributed by atoms with Crippen LogP contribution in [0.15, 0.2) is 91.0 Å². The number of amides is 1. The van der Waals surface area contributed by atoms with Crippen molar-refractivity contribution < 1.29 is 19.1 Å². The number of benzene rings is 4. The van der Waals surface area contributed by atoms with Crippen molar-refractivity contribution in [1.82, 2.24) is 5.32 Å². The fraction of sp³-hybridized carbons (Fsp3) is 0.111. The van der Waals surface area contributed by atoms with Gasteiger partial charge in [-0.15, -0.1) is 0 Å². The maximum Gasteiger partial charge on any atom is 0.349 e. The summed E-state index contributed by atoms with van der Waals surface area (Å²) in [6.07, 6.45) is 0. The minimum absolute atomic E-state index is 0.238. The second-order valence-electron chi connectivity index (χ2n) is 7.43. The summed E-state index contributed by atoms with van der Waals surface area (Å²) in [5.41, 5.74) is 1.34. The molecule has 0 radical (unpaired) electrons. The number of hydrogen-bond donors (Lipinski definition) is 1. The zero-order valence-corrected chi connectivity index (χ0v) is 18.7. The molecule has 1 atom stereocenters. The first-order chi connectivity index (χ1) is 16.0. The molecule has 0 aromatic heterocycles. The summed E-state index contributed by atoms with van der Waals surface area (Å²) in [5.74, 6) is 0.100. The quantitative estimate of drug-likeness (QED) is 0.284. The lowest BCUT2D eigenvalue weighted by atomic mass is 9.92. The number of rotatable bonds is 7. The highest BCUT2D eigenvalue weighted by molar-refractivity contribution is 6.31. The standard InChI is InChI=1S/C27H22ClNO4/c1-18(30)29-27(22-13-7-8-14-23(22)28)26-21-12-6-5-9-19(21)15-16-24(26)33-25(31)17-32-20-10-3-2-4-11-20/h2-16,27H,17H2,1H3,(H,29,30)/t27-/m0/s1. The van der Waals surface area contributed by atoms with E-state index in [9.17, 15) is 9.59 Å². The Morgan fingerprint density at radius 3 is 2.33 bits per heavy atom. The highest BCUT2D eigenvalue weighted by Gasteiger charge is 2.25. The van der Waals surface area contributed by atoms with E-state index in [4.69, 9.17) is 21.1 Å². The number of nitrogens with one attached hydrogen (secondary N) is 1. The third kappa shape index (κ3) is 5.33. The molecule has 0 aliphatic heterocycles. The SMILES string of the molecule is CC(=O)N[C@@H](c1ccccc1Cl)c1c(OC(=O)COc2ccccc2)ccc2ccccc12. The molecule has 6 heteroatoms. The van der Waals surface area contributed by atoms with Gasteiger partial charge in [0, 0.05) is 17.5 Å². The van der Waals surface area contributed by atoms with Gasteiger partial charge in [0.2, 0.25) is 5.91 Å². The van der Waals surface area contributed by atoms with E-state index in [0.717, 1.165) is 10.8 Å². The van der Waals surface area contributed by atoms with Crippen LogP contribution in [0.1, 0.15) is 24.1 Å². The number of carbonyl (C=O) groups is 2. The first-order valence-corrected chi connectivity index (χ1v) is 10.8. The fourth-order valence-electron chi connectivity index (χ4n) is 3.69. The smallest absolute Gasteiger partial charge is 0.349 e. The van der Waals surface area contributed by atoms with Crippen molar-refractivity contribution >= 4 is 34.2 Å². The Morgan fingerprint density at radius 1 is 0.879 bits per heavy atom. The Hall–Kier alpha value is -3.83. The van der Waals surface area contributed by atoms with Crippen LogP contribution in [-0.4, -0.2) is 18.5 Å². The summed E-state index contributed by atoms with van der Waals surface area (Å²) in [6, 6.07) is 27.0. The average Bonchev–Trinajstić information content (AvgIpc) is 2.82. The maximum atomic E-state index is 12.7. The third-order valence-electron chi connectivity index (χ3n) is 5.11. The molecule has 0 heterocycles. The van der Waals surface area contributed by atoms with Gasteiger partial charge in [-0.1, -0.05) is 78.3 Å². The van der Waals surface area contributed by atoms with Crippen LogP contribution in [0, 0.1) is 0 Å². The molecule has 4 aromatic carbocycles. The van der Waals surface area contributed by atoms with Crippen molar-refractivity contribution in [3.8, 4) is 11.5 Å². The summed E-state index contributed by atoms with van der Waals surface area (Å²) in [5, 5.41) is 5.24. The van der Waals surface area contributed by atoms with Gasteiger partial charge in [-0.3, -0.25) is 4.79 Å². The van der Waals surface area contributed by atoms with E-state index >= 15 is 0 Å². The topological polar surface area (TPSA) is 64.6 Å². The molecule has 0 saturated heterocycles. The molecule has 0 aliphatic rings. The first-order valence-electron chi connectivity index (χ1n) is 10.4. The van der Waals surface area contributed by atoms with Gasteiger partial charge in [0.15, 0.2) is 6.61 Å². The van der Waals surface area contributed by atoms with E-state index < -0.39 is 12.0 Å². The van der Waals surface area contributed by atoms with Crippen LogP contribution in [-0.2, 0) is 9.59 Å². The van der Waals surface area contributed by atoms with Crippen LogP contribution < -0.4 is 14.8 Å². The largest absolute Gasteiger partial charge is 0.482 e. The van der Waals surface area contributed by atoms with Gasteiger partial charge >= 0.3 is 5.97 Å². The minimum atomic E-state index is -0.625. The molecule has 0 fully saturated rings. The number of para-hydroxylation sites is 1. The van der Waals surface area contributed by atoms with Crippen LogP contribution in [0.3, 0.4) is 0 Å². The number of fused-ring (bicyclic) bond motifs is 1. The Bertz CT molecular complexity index is 1290. The van der Waals surface area contributed by atoms with E-state index in [0.29, 0.717) is 27.6 Å². The molecule has 1 N–H and O–H groups in total. The van der Waals surface area contributed by atoms with E-state index in [2.05, 4.69) is 5.32 Å². The molecule has 5 nitrogen and oxygen atoms in total. The molecular weight excluding hydrogens is 438 g/mol. The lowest BCUT2D eigenvalue weighted by Crippen LogP contribution is -2.28. The maximum absolute atomic E-state index is 12.7. The van der Waals surface area contributed by atoms with Crippen molar-refractivity contribution in [2.45, 2.75) is 13.0 Å². The van der Waals surface area contributed by atoms with Crippen molar-refractivity contribution in [2.75, 3.05) is 6.61 Å². The molecule has 0 bridgehead atoms. The third-order valence-corrected chi connectivity index (χ3v) is 5.45. The lowest BCUT2D eigenvalue weighted by molar-refractivity contribution is -0.136. The van der Waals surface area contributed by atoms with Crippen LogP contribution in [0.5, 0.6) is 11.5 Å². The van der Waals surface area contributed by atoms with Gasteiger partial charge in [0.1, 0.15) is 11.5 Å². The molecule has 0 unspecified atom stereocenters. The van der Waals surface area contributed by atoms with Crippen LogP contribution in [0.25, 0.3) is 10.8 Å². The number of ether oxygens (including phenoxy) is 2. The predicted molar refractivity (Wildman–Crippen MR) is 129 cm³/mol.